The second-order valence-corrected chi connectivity index (χ2v) is 4.55. The van der Waals surface area contributed by atoms with Crippen molar-refractivity contribution < 1.29 is 0 Å². The van der Waals surface area contributed by atoms with Crippen LogP contribution in [0.25, 0.3) is 22.2 Å². The molecule has 0 saturated heterocycles. The van der Waals surface area contributed by atoms with Gasteiger partial charge in [-0.05, 0) is 30.7 Å². The van der Waals surface area contributed by atoms with E-state index in [2.05, 4.69) is 21.0 Å². The lowest BCUT2D eigenvalue weighted by molar-refractivity contribution is 1.17. The summed E-state index contributed by atoms with van der Waals surface area (Å²) in [6, 6.07) is 9.69. The summed E-state index contributed by atoms with van der Waals surface area (Å²) in [6.45, 7) is 1.91. The number of aromatic amines is 1. The Labute approximate surface area is 114 Å². The number of nitrogens with zero attached hydrogens (tertiary/aromatic N) is 3. The second-order valence-electron chi connectivity index (χ2n) is 4.19. The molecule has 0 aliphatic heterocycles. The largest absolute Gasteiger partial charge is 0.342 e. The van der Waals surface area contributed by atoms with Crippen LogP contribution in [0.3, 0.4) is 0 Å². The van der Waals surface area contributed by atoms with Crippen molar-refractivity contribution >= 4 is 22.6 Å². The zero-order valence-corrected chi connectivity index (χ0v) is 10.9. The number of hydrogen-bond acceptors (Lipinski definition) is 3. The van der Waals surface area contributed by atoms with Gasteiger partial charge in [0.05, 0.1) is 16.6 Å². The quantitative estimate of drug-likeness (QED) is 0.687. The van der Waals surface area contributed by atoms with Crippen LogP contribution in [0.1, 0.15) is 11.4 Å². The number of hydrogen-bond donors (Lipinski definition) is 1. The Balaban J connectivity index is 2.25. The molecule has 1 aromatic carbocycles. The van der Waals surface area contributed by atoms with Crippen molar-refractivity contribution in [1.29, 1.82) is 5.26 Å². The number of aryl methyl sites for hydroxylation is 1. The molecule has 2 heterocycles. The van der Waals surface area contributed by atoms with E-state index >= 15 is 0 Å². The van der Waals surface area contributed by atoms with Gasteiger partial charge >= 0.3 is 0 Å². The molecule has 0 aliphatic carbocycles. The average Bonchev–Trinajstić information content (AvgIpc) is 2.77. The molecule has 3 rings (SSSR count). The topological polar surface area (TPSA) is 65.4 Å². The Bertz CT molecular complexity index is 814. The van der Waals surface area contributed by atoms with E-state index in [4.69, 9.17) is 11.6 Å². The summed E-state index contributed by atoms with van der Waals surface area (Å²) < 4.78 is 0. The highest BCUT2D eigenvalue weighted by Gasteiger charge is 2.10. The van der Waals surface area contributed by atoms with Gasteiger partial charge in [-0.15, -0.1) is 0 Å². The Kier molecular flexibility index (Phi) is 2.69. The molecular weight excluding hydrogens is 260 g/mol. The second kappa shape index (κ2) is 4.38. The number of nitrogens with one attached hydrogen (secondary N) is 1. The zero-order chi connectivity index (χ0) is 13.4. The third-order valence-corrected chi connectivity index (χ3v) is 3.21. The summed E-state index contributed by atoms with van der Waals surface area (Å²) in [5, 5.41) is 9.41. The summed E-state index contributed by atoms with van der Waals surface area (Å²) in [5.41, 5.74) is 3.92. The summed E-state index contributed by atoms with van der Waals surface area (Å²) in [5.74, 6) is 0.861. The van der Waals surface area contributed by atoms with E-state index in [-0.39, 0.29) is 5.15 Å². The number of halogens is 1. The van der Waals surface area contributed by atoms with Crippen LogP contribution in [0.2, 0.25) is 5.15 Å². The lowest BCUT2D eigenvalue weighted by Crippen LogP contribution is -1.88. The smallest absolute Gasteiger partial charge is 0.147 e. The van der Waals surface area contributed by atoms with Crippen molar-refractivity contribution in [3.8, 4) is 17.2 Å². The van der Waals surface area contributed by atoms with E-state index in [1.54, 1.807) is 12.3 Å². The molecule has 92 valence electrons. The van der Waals surface area contributed by atoms with Crippen molar-refractivity contribution in [3.05, 3.63) is 47.0 Å². The van der Waals surface area contributed by atoms with Crippen molar-refractivity contribution in [3.63, 3.8) is 0 Å². The number of nitriles is 1. The van der Waals surface area contributed by atoms with Gasteiger partial charge in [0.25, 0.3) is 0 Å². The van der Waals surface area contributed by atoms with Gasteiger partial charge in [0.1, 0.15) is 17.0 Å². The minimum atomic E-state index is 0.223. The molecular formula is C14H9ClN4. The summed E-state index contributed by atoms with van der Waals surface area (Å²) in [7, 11) is 0. The fourth-order valence-corrected chi connectivity index (χ4v) is 2.29. The maximum absolute atomic E-state index is 9.18. The van der Waals surface area contributed by atoms with Crippen molar-refractivity contribution in [2.75, 3.05) is 0 Å². The normalized spacial score (nSPS) is 10.6. The monoisotopic (exact) mass is 268 g/mol. The fraction of sp³-hybridized carbons (Fsp3) is 0.0714. The van der Waals surface area contributed by atoms with Crippen molar-refractivity contribution in [2.45, 2.75) is 6.92 Å². The van der Waals surface area contributed by atoms with Gasteiger partial charge in [0.15, 0.2) is 0 Å². The lowest BCUT2D eigenvalue weighted by atomic mass is 10.0. The number of rotatable bonds is 1. The van der Waals surface area contributed by atoms with E-state index in [9.17, 15) is 5.26 Å². The molecule has 0 saturated carbocycles. The summed E-state index contributed by atoms with van der Waals surface area (Å²) in [4.78, 5) is 11.5. The molecule has 0 radical (unpaired) electrons. The molecule has 0 aliphatic rings. The first-order valence-corrected chi connectivity index (χ1v) is 6.08. The summed E-state index contributed by atoms with van der Waals surface area (Å²) >= 11 is 5.95. The highest BCUT2D eigenvalue weighted by Crippen LogP contribution is 2.28. The Hall–Kier alpha value is -2.38. The third kappa shape index (κ3) is 1.94. The first-order chi connectivity index (χ1) is 9.19. The molecule has 3 aromatic rings. The van der Waals surface area contributed by atoms with Crippen LogP contribution in [0.15, 0.2) is 30.5 Å². The van der Waals surface area contributed by atoms with Gasteiger partial charge in [0, 0.05) is 11.8 Å². The van der Waals surface area contributed by atoms with Crippen molar-refractivity contribution in [2.24, 2.45) is 0 Å². The Morgan fingerprint density at radius 2 is 2.16 bits per heavy atom. The number of benzene rings is 1. The molecule has 0 amide bonds. The van der Waals surface area contributed by atoms with Crippen LogP contribution in [0, 0.1) is 18.3 Å². The van der Waals surface area contributed by atoms with E-state index in [1.807, 2.05) is 25.1 Å². The number of H-pyrrole nitrogens is 1. The Morgan fingerprint density at radius 3 is 2.95 bits per heavy atom. The highest BCUT2D eigenvalue weighted by molar-refractivity contribution is 6.31. The molecule has 0 fully saturated rings. The van der Waals surface area contributed by atoms with Crippen molar-refractivity contribution in [1.82, 2.24) is 15.0 Å². The lowest BCUT2D eigenvalue weighted by Gasteiger charge is -2.04. The van der Waals surface area contributed by atoms with Crippen LogP contribution in [0.5, 0.6) is 0 Å². The van der Waals surface area contributed by atoms with E-state index in [1.165, 1.54) is 0 Å². The SMILES string of the molecule is Cc1nc2ccc(-c3ccnc(Cl)c3C#N)cc2[nH]1. The Morgan fingerprint density at radius 1 is 1.32 bits per heavy atom. The molecule has 1 N–H and O–H groups in total. The van der Waals surface area contributed by atoms with Crippen LogP contribution >= 0.6 is 11.6 Å². The first-order valence-electron chi connectivity index (χ1n) is 5.70. The van der Waals surface area contributed by atoms with E-state index in [0.29, 0.717) is 5.56 Å². The number of fused-ring (bicyclic) bond motifs is 1. The number of pyridine rings is 1. The maximum Gasteiger partial charge on any atom is 0.147 e. The zero-order valence-electron chi connectivity index (χ0n) is 10.1. The van der Waals surface area contributed by atoms with E-state index < -0.39 is 0 Å². The first kappa shape index (κ1) is 11.7. The molecule has 5 heteroatoms. The minimum Gasteiger partial charge on any atom is -0.342 e. The standard InChI is InChI=1S/C14H9ClN4/c1-8-18-12-3-2-9(6-13(12)19-8)10-4-5-17-14(15)11(10)7-16/h2-6H,1H3,(H,18,19). The summed E-state index contributed by atoms with van der Waals surface area (Å²) in [6.07, 6.45) is 1.60. The molecule has 0 bridgehead atoms. The van der Waals surface area contributed by atoms with Gasteiger partial charge in [-0.2, -0.15) is 5.26 Å². The van der Waals surface area contributed by atoms with Crippen LogP contribution < -0.4 is 0 Å². The fourth-order valence-electron chi connectivity index (χ4n) is 2.09. The molecule has 2 aromatic heterocycles. The molecule has 0 atom stereocenters. The van der Waals surface area contributed by atoms with Crippen LogP contribution in [-0.2, 0) is 0 Å². The van der Waals surface area contributed by atoms with Gasteiger partial charge in [0.2, 0.25) is 0 Å². The van der Waals surface area contributed by atoms with Gasteiger partial charge < -0.3 is 4.98 Å². The number of aromatic nitrogens is 3. The van der Waals surface area contributed by atoms with Gasteiger partial charge in [-0.25, -0.2) is 9.97 Å². The molecule has 0 unspecified atom stereocenters. The molecule has 0 spiro atoms. The predicted octanol–water partition coefficient (Wildman–Crippen LogP) is 3.46. The molecule has 19 heavy (non-hydrogen) atoms. The van der Waals surface area contributed by atoms with Crippen LogP contribution in [0.4, 0.5) is 0 Å². The molecule has 4 nitrogen and oxygen atoms in total. The predicted molar refractivity (Wildman–Crippen MR) is 73.8 cm³/mol. The van der Waals surface area contributed by atoms with Gasteiger partial charge in [-0.3, -0.25) is 0 Å². The highest BCUT2D eigenvalue weighted by atomic mass is 35.5. The maximum atomic E-state index is 9.18. The number of imidazole rings is 1. The minimum absolute atomic E-state index is 0.223. The third-order valence-electron chi connectivity index (χ3n) is 2.93. The van der Waals surface area contributed by atoms with Crippen LogP contribution in [-0.4, -0.2) is 15.0 Å². The van der Waals surface area contributed by atoms with Gasteiger partial charge in [-0.1, -0.05) is 17.7 Å². The average molecular weight is 269 g/mol. The van der Waals surface area contributed by atoms with E-state index in [0.717, 1.165) is 28.0 Å².